The number of benzene rings is 1. The third-order valence-corrected chi connectivity index (χ3v) is 6.11. The second-order valence-electron chi connectivity index (χ2n) is 7.05. The minimum Gasteiger partial charge on any atom is -0.465 e. The van der Waals surface area contributed by atoms with Gasteiger partial charge in [0.1, 0.15) is 12.2 Å². The molecule has 2 rings (SSSR count). The van der Waals surface area contributed by atoms with Crippen molar-refractivity contribution >= 4 is 40.3 Å². The maximum Gasteiger partial charge on any atom is 0.326 e. The van der Waals surface area contributed by atoms with Crippen molar-refractivity contribution in [2.75, 3.05) is 18.1 Å². The highest BCUT2D eigenvalue weighted by atomic mass is 32.2. The molecule has 0 saturated carbocycles. The van der Waals surface area contributed by atoms with Crippen molar-refractivity contribution in [3.8, 4) is 0 Å². The smallest absolute Gasteiger partial charge is 0.326 e. The molecule has 2 amide bonds. The zero-order valence-corrected chi connectivity index (χ0v) is 18.6. The third kappa shape index (κ3) is 5.95. The number of nitrogens with one attached hydrogen (secondary N) is 1. The number of amides is 2. The largest absolute Gasteiger partial charge is 0.465 e. The fourth-order valence-electron chi connectivity index (χ4n) is 3.12. The number of hydrogen-bond acceptors (Lipinski definition) is 6. The molecule has 0 saturated heterocycles. The van der Waals surface area contributed by atoms with Crippen molar-refractivity contribution in [2.45, 2.75) is 45.8 Å². The van der Waals surface area contributed by atoms with Gasteiger partial charge in [0.15, 0.2) is 5.12 Å². The molecule has 2 atom stereocenters. The van der Waals surface area contributed by atoms with E-state index in [2.05, 4.69) is 5.32 Å². The Bertz CT molecular complexity index is 852. The average Bonchev–Trinajstić information content (AvgIpc) is 2.83. The quantitative estimate of drug-likeness (QED) is 0.635. The molecule has 8 heteroatoms. The number of ether oxygens (including phenoxy) is 1. The number of allylic oxidation sites excluding steroid dienone is 1. The van der Waals surface area contributed by atoms with Gasteiger partial charge in [0.2, 0.25) is 5.91 Å². The minimum atomic E-state index is -0.606. The first-order valence-electron chi connectivity index (χ1n) is 10.0. The summed E-state index contributed by atoms with van der Waals surface area (Å²) in [6.07, 6.45) is 2.78. The number of nitrogens with zero attached hydrogens (tertiary/aromatic N) is 1. The topological polar surface area (TPSA) is 92.8 Å². The number of thioether (sulfide) groups is 1. The Morgan fingerprint density at radius 2 is 1.93 bits per heavy atom. The molecule has 0 aromatic heterocycles. The van der Waals surface area contributed by atoms with Gasteiger partial charge in [0.25, 0.3) is 5.91 Å². The lowest BCUT2D eigenvalue weighted by molar-refractivity contribution is -0.142. The molecule has 1 heterocycles. The van der Waals surface area contributed by atoms with Crippen LogP contribution in [0, 0.1) is 5.92 Å². The van der Waals surface area contributed by atoms with Gasteiger partial charge in [-0.05, 0) is 30.9 Å². The van der Waals surface area contributed by atoms with Crippen molar-refractivity contribution in [1.29, 1.82) is 0 Å². The number of para-hydroxylation sites is 1. The van der Waals surface area contributed by atoms with E-state index in [1.165, 1.54) is 11.8 Å². The summed E-state index contributed by atoms with van der Waals surface area (Å²) >= 11 is 0.964. The Morgan fingerprint density at radius 1 is 1.23 bits per heavy atom. The summed E-state index contributed by atoms with van der Waals surface area (Å²) < 4.78 is 5.01. The highest BCUT2D eigenvalue weighted by Crippen LogP contribution is 2.27. The average molecular weight is 433 g/mol. The van der Waals surface area contributed by atoms with Crippen molar-refractivity contribution in [2.24, 2.45) is 5.92 Å². The van der Waals surface area contributed by atoms with Crippen LogP contribution in [0.3, 0.4) is 0 Å². The molecule has 30 heavy (non-hydrogen) atoms. The molecule has 0 radical (unpaired) electrons. The van der Waals surface area contributed by atoms with E-state index in [1.807, 2.05) is 26.0 Å². The molecule has 1 N–H and O–H groups in total. The van der Waals surface area contributed by atoms with Crippen LogP contribution < -0.4 is 10.2 Å². The molecular formula is C22H28N2O5S. The molecule has 1 aromatic carbocycles. The van der Waals surface area contributed by atoms with E-state index < -0.39 is 23.0 Å². The van der Waals surface area contributed by atoms with Crippen LogP contribution >= 0.6 is 11.8 Å². The van der Waals surface area contributed by atoms with E-state index in [0.717, 1.165) is 17.3 Å². The second kappa shape index (κ2) is 11.0. The second-order valence-corrected chi connectivity index (χ2v) is 8.37. The van der Waals surface area contributed by atoms with Crippen molar-refractivity contribution in [1.82, 2.24) is 5.32 Å². The van der Waals surface area contributed by atoms with Gasteiger partial charge in [0.05, 0.1) is 11.9 Å². The number of hydrogen-bond donors (Lipinski definition) is 1. The summed E-state index contributed by atoms with van der Waals surface area (Å²) in [5.74, 6) is -1.46. The maximum absolute atomic E-state index is 13.2. The Hall–Kier alpha value is -2.61. The molecule has 1 aliphatic rings. The van der Waals surface area contributed by atoms with Crippen molar-refractivity contribution in [3.05, 3.63) is 41.6 Å². The van der Waals surface area contributed by atoms with Crippen molar-refractivity contribution in [3.63, 3.8) is 0 Å². The number of carbonyl (C=O) groups is 4. The minimum absolute atomic E-state index is 0.0480. The monoisotopic (exact) mass is 432 g/mol. The summed E-state index contributed by atoms with van der Waals surface area (Å²) in [4.78, 5) is 51.2. The van der Waals surface area contributed by atoms with Gasteiger partial charge in [-0.2, -0.15) is 0 Å². The first-order chi connectivity index (χ1) is 14.3. The van der Waals surface area contributed by atoms with Crippen LogP contribution in [0.1, 0.15) is 39.7 Å². The van der Waals surface area contributed by atoms with Crippen molar-refractivity contribution < 1.29 is 23.9 Å². The molecule has 0 bridgehead atoms. The molecule has 7 nitrogen and oxygen atoms in total. The molecule has 1 aromatic rings. The van der Waals surface area contributed by atoms with Crippen LogP contribution in [-0.2, 0) is 30.3 Å². The normalized spacial score (nSPS) is 15.4. The van der Waals surface area contributed by atoms with Gasteiger partial charge in [-0.1, -0.05) is 56.3 Å². The zero-order valence-electron chi connectivity index (χ0n) is 17.8. The van der Waals surface area contributed by atoms with E-state index in [0.29, 0.717) is 18.5 Å². The standard InChI is InChI=1S/C22H28N2O5S/c1-5-14(3)20(30-15(4)25)21(27)23-17-12-11-16-9-7-8-10-18(16)24(22(17)28)13-19(26)29-6-2/h7-10,12,14,20H,5-6,11,13H2,1-4H3,(H,23,27)/t14-,20-/m0/s1. The number of rotatable bonds is 8. The molecule has 1 aliphatic heterocycles. The maximum atomic E-state index is 13.2. The van der Waals surface area contributed by atoms with Crippen LogP contribution in [0.4, 0.5) is 5.69 Å². The SMILES string of the molecule is CCOC(=O)CN1C(=O)C(NC(=O)[C@@H](SC(C)=O)[C@@H](C)CC)=CCc2ccccc21. The van der Waals surface area contributed by atoms with Gasteiger partial charge >= 0.3 is 5.97 Å². The lowest BCUT2D eigenvalue weighted by atomic mass is 10.0. The van der Waals surface area contributed by atoms with Crippen LogP contribution in [0.15, 0.2) is 36.0 Å². The molecule has 0 aliphatic carbocycles. The first-order valence-corrected chi connectivity index (χ1v) is 10.9. The first kappa shape index (κ1) is 23.7. The molecule has 0 fully saturated rings. The fraction of sp³-hybridized carbons (Fsp3) is 0.455. The van der Waals surface area contributed by atoms with Gasteiger partial charge in [0, 0.05) is 12.6 Å². The van der Waals surface area contributed by atoms with E-state index in [4.69, 9.17) is 4.74 Å². The Balaban J connectivity index is 2.31. The highest BCUT2D eigenvalue weighted by Gasteiger charge is 2.32. The number of esters is 1. The predicted molar refractivity (Wildman–Crippen MR) is 117 cm³/mol. The van der Waals surface area contributed by atoms with E-state index in [9.17, 15) is 19.2 Å². The fourth-order valence-corrected chi connectivity index (χ4v) is 4.07. The van der Waals surface area contributed by atoms with E-state index >= 15 is 0 Å². The zero-order chi connectivity index (χ0) is 22.3. The summed E-state index contributed by atoms with van der Waals surface area (Å²) in [7, 11) is 0. The molecule has 0 spiro atoms. The predicted octanol–water partition coefficient (Wildman–Crippen LogP) is 2.83. The van der Waals surface area contributed by atoms with Crippen LogP contribution in [0.5, 0.6) is 0 Å². The van der Waals surface area contributed by atoms with Gasteiger partial charge in [-0.3, -0.25) is 24.1 Å². The summed E-state index contributed by atoms with van der Waals surface area (Å²) in [5.41, 5.74) is 1.56. The van der Waals surface area contributed by atoms with E-state index in [-0.39, 0.29) is 29.9 Å². The summed E-state index contributed by atoms with van der Waals surface area (Å²) in [6.45, 7) is 6.91. The third-order valence-electron chi connectivity index (χ3n) is 4.85. The Labute approximate surface area is 181 Å². The lowest BCUT2D eigenvalue weighted by Crippen LogP contribution is -2.44. The highest BCUT2D eigenvalue weighted by molar-refractivity contribution is 8.14. The van der Waals surface area contributed by atoms with Gasteiger partial charge in [-0.15, -0.1) is 0 Å². The summed E-state index contributed by atoms with van der Waals surface area (Å²) in [5, 5.41) is 1.94. The molecule has 0 unspecified atom stereocenters. The van der Waals surface area contributed by atoms with Crippen LogP contribution in [-0.4, -0.2) is 41.3 Å². The Kier molecular flexibility index (Phi) is 8.65. The van der Waals surface area contributed by atoms with E-state index in [1.54, 1.807) is 25.1 Å². The lowest BCUT2D eigenvalue weighted by Gasteiger charge is -2.25. The summed E-state index contributed by atoms with van der Waals surface area (Å²) in [6, 6.07) is 7.27. The molecular weight excluding hydrogens is 404 g/mol. The Morgan fingerprint density at radius 3 is 2.57 bits per heavy atom. The van der Waals surface area contributed by atoms with Crippen LogP contribution in [0.25, 0.3) is 0 Å². The number of anilines is 1. The van der Waals surface area contributed by atoms with Crippen LogP contribution in [0.2, 0.25) is 0 Å². The number of fused-ring (bicyclic) bond motifs is 1. The molecule has 162 valence electrons. The van der Waals surface area contributed by atoms with Gasteiger partial charge < -0.3 is 10.1 Å². The van der Waals surface area contributed by atoms with Gasteiger partial charge in [-0.25, -0.2) is 0 Å². The number of carbonyl (C=O) groups excluding carboxylic acids is 4.